The van der Waals surface area contributed by atoms with Gasteiger partial charge < -0.3 is 10.2 Å². The van der Waals surface area contributed by atoms with Gasteiger partial charge in [-0.05, 0) is 6.42 Å². The molecule has 0 aliphatic rings. The second kappa shape index (κ2) is 4.18. The van der Waals surface area contributed by atoms with E-state index in [9.17, 15) is 9.59 Å². The first kappa shape index (κ1) is 10.2. The van der Waals surface area contributed by atoms with Gasteiger partial charge in [0.15, 0.2) is 0 Å². The minimum Gasteiger partial charge on any atom is -0.481 e. The molecule has 0 saturated heterocycles. The molecule has 5 heteroatoms. The first-order valence-corrected chi connectivity index (χ1v) is 3.54. The van der Waals surface area contributed by atoms with Crippen molar-refractivity contribution >= 4 is 23.5 Å². The summed E-state index contributed by atoms with van der Waals surface area (Å²) >= 11 is 5.30. The van der Waals surface area contributed by atoms with Crippen LogP contribution in [-0.2, 0) is 9.59 Å². The van der Waals surface area contributed by atoms with Gasteiger partial charge in [0.05, 0.1) is 5.92 Å². The van der Waals surface area contributed by atoms with E-state index in [0.29, 0.717) is 0 Å². The average Bonchev–Trinajstić information content (AvgIpc) is 1.88. The molecular formula is C6H9ClO4. The monoisotopic (exact) mass is 180 g/mol. The van der Waals surface area contributed by atoms with E-state index in [-0.39, 0.29) is 6.42 Å². The maximum atomic E-state index is 10.3. The van der Waals surface area contributed by atoms with Crippen LogP contribution < -0.4 is 0 Å². The van der Waals surface area contributed by atoms with Crippen LogP contribution in [0.4, 0.5) is 0 Å². The largest absolute Gasteiger partial charge is 0.481 e. The standard InChI is InChI=1S/C6H9ClO4/c1-2-3(5(8)9)4(7)6(10)11/h3-4H,2H2,1H3,(H,8,9)(H,10,11). The van der Waals surface area contributed by atoms with Crippen molar-refractivity contribution in [3.8, 4) is 0 Å². The number of alkyl halides is 1. The van der Waals surface area contributed by atoms with Crippen LogP contribution in [0.1, 0.15) is 13.3 Å². The second-order valence-corrected chi connectivity index (χ2v) is 2.56. The van der Waals surface area contributed by atoms with E-state index in [1.807, 2.05) is 0 Å². The van der Waals surface area contributed by atoms with Gasteiger partial charge in [-0.3, -0.25) is 9.59 Å². The van der Waals surface area contributed by atoms with Gasteiger partial charge >= 0.3 is 11.9 Å². The van der Waals surface area contributed by atoms with E-state index in [1.165, 1.54) is 0 Å². The highest BCUT2D eigenvalue weighted by atomic mass is 35.5. The predicted molar refractivity (Wildman–Crippen MR) is 38.7 cm³/mol. The lowest BCUT2D eigenvalue weighted by Gasteiger charge is -2.11. The molecule has 0 aromatic carbocycles. The quantitative estimate of drug-likeness (QED) is 0.628. The van der Waals surface area contributed by atoms with Gasteiger partial charge in [-0.15, -0.1) is 11.6 Å². The van der Waals surface area contributed by atoms with Crippen molar-refractivity contribution in [2.45, 2.75) is 18.7 Å². The zero-order chi connectivity index (χ0) is 9.02. The first-order valence-electron chi connectivity index (χ1n) is 3.10. The molecule has 2 N–H and O–H groups in total. The Morgan fingerprint density at radius 2 is 1.82 bits per heavy atom. The summed E-state index contributed by atoms with van der Waals surface area (Å²) in [6.07, 6.45) is 0.218. The van der Waals surface area contributed by atoms with E-state index in [0.717, 1.165) is 0 Å². The van der Waals surface area contributed by atoms with Crippen LogP contribution >= 0.6 is 11.6 Å². The van der Waals surface area contributed by atoms with Crippen molar-refractivity contribution in [2.75, 3.05) is 0 Å². The highest BCUT2D eigenvalue weighted by Crippen LogP contribution is 2.15. The third kappa shape index (κ3) is 2.76. The second-order valence-electron chi connectivity index (χ2n) is 2.09. The van der Waals surface area contributed by atoms with Crippen molar-refractivity contribution in [3.63, 3.8) is 0 Å². The van der Waals surface area contributed by atoms with Crippen LogP contribution in [0.3, 0.4) is 0 Å². The van der Waals surface area contributed by atoms with Crippen LogP contribution in [0, 0.1) is 5.92 Å². The SMILES string of the molecule is CCC(C(=O)O)C(Cl)C(=O)O. The minimum atomic E-state index is -1.34. The molecule has 0 fully saturated rings. The highest BCUT2D eigenvalue weighted by Gasteiger charge is 2.30. The summed E-state index contributed by atoms with van der Waals surface area (Å²) in [6, 6.07) is 0. The van der Waals surface area contributed by atoms with E-state index in [1.54, 1.807) is 6.92 Å². The number of carbonyl (C=O) groups is 2. The van der Waals surface area contributed by atoms with E-state index < -0.39 is 23.2 Å². The van der Waals surface area contributed by atoms with Crippen LogP contribution in [0.25, 0.3) is 0 Å². The molecule has 0 heterocycles. The molecular weight excluding hydrogens is 172 g/mol. The highest BCUT2D eigenvalue weighted by molar-refractivity contribution is 6.30. The van der Waals surface area contributed by atoms with Gasteiger partial charge in [-0.25, -0.2) is 0 Å². The molecule has 0 radical (unpaired) electrons. The lowest BCUT2D eigenvalue weighted by molar-refractivity contribution is -0.147. The van der Waals surface area contributed by atoms with Crippen LogP contribution in [0.15, 0.2) is 0 Å². The number of carboxylic acid groups (broad SMARTS) is 2. The Morgan fingerprint density at radius 1 is 1.36 bits per heavy atom. The molecule has 4 nitrogen and oxygen atoms in total. The van der Waals surface area contributed by atoms with Gasteiger partial charge in [0.1, 0.15) is 5.38 Å². The number of carboxylic acids is 2. The fraction of sp³-hybridized carbons (Fsp3) is 0.667. The molecule has 0 saturated carbocycles. The Labute approximate surface area is 68.8 Å². The van der Waals surface area contributed by atoms with E-state index in [4.69, 9.17) is 21.8 Å². The maximum absolute atomic E-state index is 10.3. The lowest BCUT2D eigenvalue weighted by atomic mass is 10.0. The number of aliphatic carboxylic acids is 2. The Kier molecular flexibility index (Phi) is 3.89. The summed E-state index contributed by atoms with van der Waals surface area (Å²) in [6.45, 7) is 1.58. The topological polar surface area (TPSA) is 74.6 Å². The van der Waals surface area contributed by atoms with Gasteiger partial charge in [0.25, 0.3) is 0 Å². The Hall–Kier alpha value is -0.770. The third-order valence-electron chi connectivity index (χ3n) is 1.35. The fourth-order valence-electron chi connectivity index (χ4n) is 0.679. The van der Waals surface area contributed by atoms with Crippen LogP contribution in [0.5, 0.6) is 0 Å². The number of hydrogen-bond donors (Lipinski definition) is 2. The molecule has 11 heavy (non-hydrogen) atoms. The van der Waals surface area contributed by atoms with E-state index >= 15 is 0 Å². The Balaban J connectivity index is 4.25. The number of hydrogen-bond acceptors (Lipinski definition) is 2. The molecule has 0 amide bonds. The molecule has 0 spiro atoms. The predicted octanol–water partition coefficient (Wildman–Crippen LogP) is 0.789. The molecule has 2 unspecified atom stereocenters. The van der Waals surface area contributed by atoms with Crippen molar-refractivity contribution in [1.82, 2.24) is 0 Å². The average molecular weight is 181 g/mol. The summed E-state index contributed by atoms with van der Waals surface area (Å²) < 4.78 is 0. The van der Waals surface area contributed by atoms with Crippen molar-refractivity contribution in [1.29, 1.82) is 0 Å². The first-order chi connectivity index (χ1) is 5.00. The minimum absolute atomic E-state index is 0.218. The Bertz CT molecular complexity index is 168. The normalized spacial score (nSPS) is 15.5. The molecule has 0 aliphatic carbocycles. The number of halogens is 1. The summed E-state index contributed by atoms with van der Waals surface area (Å²) in [4.78, 5) is 20.5. The fourth-order valence-corrected chi connectivity index (χ4v) is 0.965. The summed E-state index contributed by atoms with van der Waals surface area (Å²) in [5.41, 5.74) is 0. The summed E-state index contributed by atoms with van der Waals surface area (Å²) in [5.74, 6) is -3.47. The van der Waals surface area contributed by atoms with Crippen molar-refractivity contribution in [2.24, 2.45) is 5.92 Å². The molecule has 0 aromatic heterocycles. The lowest BCUT2D eigenvalue weighted by Crippen LogP contribution is -2.29. The molecule has 64 valence electrons. The summed E-state index contributed by atoms with van der Waals surface area (Å²) in [5, 5.41) is 15.4. The molecule has 0 bridgehead atoms. The smallest absolute Gasteiger partial charge is 0.322 e. The molecule has 0 aliphatic heterocycles. The van der Waals surface area contributed by atoms with Gasteiger partial charge in [0.2, 0.25) is 0 Å². The zero-order valence-corrected chi connectivity index (χ0v) is 6.71. The number of rotatable bonds is 4. The van der Waals surface area contributed by atoms with Gasteiger partial charge in [-0.1, -0.05) is 6.92 Å². The van der Waals surface area contributed by atoms with Gasteiger partial charge in [0, 0.05) is 0 Å². The van der Waals surface area contributed by atoms with Crippen molar-refractivity contribution < 1.29 is 19.8 Å². The zero-order valence-electron chi connectivity index (χ0n) is 5.95. The molecule has 2 atom stereocenters. The molecule has 0 aromatic rings. The van der Waals surface area contributed by atoms with Crippen LogP contribution in [-0.4, -0.2) is 27.5 Å². The third-order valence-corrected chi connectivity index (χ3v) is 1.84. The maximum Gasteiger partial charge on any atom is 0.322 e. The van der Waals surface area contributed by atoms with E-state index in [2.05, 4.69) is 0 Å². The van der Waals surface area contributed by atoms with Crippen LogP contribution in [0.2, 0.25) is 0 Å². The molecule has 0 rings (SSSR count). The Morgan fingerprint density at radius 3 is 1.91 bits per heavy atom. The summed E-state index contributed by atoms with van der Waals surface area (Å²) in [7, 11) is 0. The van der Waals surface area contributed by atoms with Crippen molar-refractivity contribution in [3.05, 3.63) is 0 Å². The van der Waals surface area contributed by atoms with Gasteiger partial charge in [-0.2, -0.15) is 0 Å².